The zero-order chi connectivity index (χ0) is 18.8. The number of carbonyl (C=O) groups excluding carboxylic acids is 1. The monoisotopic (exact) mass is 353 g/mol. The SMILES string of the molecule is C[C@H](O)C(C)(C)c1cc(NC(=O)C(C)(C)N(C)C2CCOCC2)on1. The van der Waals surface area contributed by atoms with Gasteiger partial charge in [0.2, 0.25) is 11.8 Å². The Morgan fingerprint density at radius 2 is 1.96 bits per heavy atom. The van der Waals surface area contributed by atoms with E-state index in [-0.39, 0.29) is 5.91 Å². The highest BCUT2D eigenvalue weighted by Gasteiger charge is 2.38. The van der Waals surface area contributed by atoms with Crippen LogP contribution in [0.4, 0.5) is 5.88 Å². The second kappa shape index (κ2) is 7.43. The van der Waals surface area contributed by atoms with Gasteiger partial charge in [0, 0.05) is 30.7 Å². The van der Waals surface area contributed by atoms with Gasteiger partial charge in [0.15, 0.2) is 0 Å². The van der Waals surface area contributed by atoms with Crippen LogP contribution >= 0.6 is 0 Å². The molecule has 0 spiro atoms. The van der Waals surface area contributed by atoms with Crippen LogP contribution in [0.15, 0.2) is 10.6 Å². The number of aromatic nitrogens is 1. The summed E-state index contributed by atoms with van der Waals surface area (Å²) in [4.78, 5) is 14.9. The third kappa shape index (κ3) is 4.22. The average Bonchev–Trinajstić information content (AvgIpc) is 3.04. The van der Waals surface area contributed by atoms with Gasteiger partial charge in [0.25, 0.3) is 0 Å². The molecule has 1 aliphatic rings. The third-order valence-electron chi connectivity index (χ3n) is 5.63. The third-order valence-corrected chi connectivity index (χ3v) is 5.63. The number of nitrogens with zero attached hydrogens (tertiary/aromatic N) is 2. The summed E-state index contributed by atoms with van der Waals surface area (Å²) in [6.45, 7) is 10.7. The molecule has 7 heteroatoms. The molecule has 1 amide bonds. The second-order valence-electron chi connectivity index (χ2n) is 7.94. The zero-order valence-corrected chi connectivity index (χ0v) is 16.1. The zero-order valence-electron chi connectivity index (χ0n) is 16.1. The summed E-state index contributed by atoms with van der Waals surface area (Å²) in [7, 11) is 1.97. The minimum absolute atomic E-state index is 0.154. The standard InChI is InChI=1S/C18H31N3O4/c1-12(22)17(2,3)14-11-15(25-20-14)19-16(23)18(4,5)21(6)13-7-9-24-10-8-13/h11-13,22H,7-10H2,1-6H3,(H,19,23)/t12-/m0/s1. The molecule has 25 heavy (non-hydrogen) atoms. The highest BCUT2D eigenvalue weighted by atomic mass is 16.5. The van der Waals surface area contributed by atoms with Gasteiger partial charge in [0.05, 0.1) is 17.3 Å². The number of hydrogen-bond acceptors (Lipinski definition) is 6. The lowest BCUT2D eigenvalue weighted by molar-refractivity contribution is -0.128. The van der Waals surface area contributed by atoms with Gasteiger partial charge < -0.3 is 14.4 Å². The summed E-state index contributed by atoms with van der Waals surface area (Å²) < 4.78 is 10.7. The fraction of sp³-hybridized carbons (Fsp3) is 0.778. The van der Waals surface area contributed by atoms with Crippen molar-refractivity contribution in [3.63, 3.8) is 0 Å². The average molecular weight is 353 g/mol. The van der Waals surface area contributed by atoms with Crippen molar-refractivity contribution >= 4 is 11.8 Å². The Bertz CT molecular complexity index is 589. The molecular weight excluding hydrogens is 322 g/mol. The predicted octanol–water partition coefficient (Wildman–Crippen LogP) is 2.16. The van der Waals surface area contributed by atoms with Crippen molar-refractivity contribution in [1.82, 2.24) is 10.1 Å². The van der Waals surface area contributed by atoms with Gasteiger partial charge in [-0.25, -0.2) is 0 Å². The van der Waals surface area contributed by atoms with Gasteiger partial charge in [-0.15, -0.1) is 0 Å². The molecule has 0 saturated carbocycles. The first-order valence-corrected chi connectivity index (χ1v) is 8.84. The molecule has 2 heterocycles. The number of hydrogen-bond donors (Lipinski definition) is 2. The molecule has 0 bridgehead atoms. The maximum atomic E-state index is 12.8. The van der Waals surface area contributed by atoms with Crippen LogP contribution in [0.25, 0.3) is 0 Å². The van der Waals surface area contributed by atoms with E-state index in [1.165, 1.54) is 0 Å². The normalized spacial score (nSPS) is 18.4. The van der Waals surface area contributed by atoms with Crippen molar-refractivity contribution in [1.29, 1.82) is 0 Å². The van der Waals surface area contributed by atoms with Crippen molar-refractivity contribution in [2.75, 3.05) is 25.6 Å². The summed E-state index contributed by atoms with van der Waals surface area (Å²) in [5.74, 6) is 0.140. The van der Waals surface area contributed by atoms with Crippen molar-refractivity contribution in [2.45, 2.75) is 70.6 Å². The minimum Gasteiger partial charge on any atom is -0.392 e. The maximum Gasteiger partial charge on any atom is 0.246 e. The van der Waals surface area contributed by atoms with Crippen LogP contribution in [0.1, 0.15) is 53.2 Å². The van der Waals surface area contributed by atoms with E-state index in [2.05, 4.69) is 15.4 Å². The van der Waals surface area contributed by atoms with Crippen LogP contribution in [0, 0.1) is 0 Å². The van der Waals surface area contributed by atoms with Gasteiger partial charge in [-0.3, -0.25) is 15.0 Å². The first-order valence-electron chi connectivity index (χ1n) is 8.84. The van der Waals surface area contributed by atoms with E-state index >= 15 is 0 Å². The van der Waals surface area contributed by atoms with Gasteiger partial charge >= 0.3 is 0 Å². The second-order valence-corrected chi connectivity index (χ2v) is 7.94. The molecule has 1 fully saturated rings. The summed E-state index contributed by atoms with van der Waals surface area (Å²) in [5, 5.41) is 16.7. The molecule has 1 aliphatic heterocycles. The number of amides is 1. The Balaban J connectivity index is 2.06. The summed E-state index contributed by atoms with van der Waals surface area (Å²) >= 11 is 0. The Morgan fingerprint density at radius 3 is 2.52 bits per heavy atom. The van der Waals surface area contributed by atoms with Crippen molar-refractivity contribution < 1.29 is 19.2 Å². The van der Waals surface area contributed by atoms with E-state index in [1.54, 1.807) is 13.0 Å². The number of aliphatic hydroxyl groups excluding tert-OH is 1. The minimum atomic E-state index is -0.700. The van der Waals surface area contributed by atoms with Gasteiger partial charge in [0.1, 0.15) is 0 Å². The summed E-state index contributed by atoms with van der Waals surface area (Å²) in [5.41, 5.74) is -0.649. The quantitative estimate of drug-likeness (QED) is 0.815. The van der Waals surface area contributed by atoms with Crippen LogP contribution in [0.5, 0.6) is 0 Å². The molecule has 142 valence electrons. The number of rotatable bonds is 6. The fourth-order valence-electron chi connectivity index (χ4n) is 2.81. The molecule has 0 radical (unpaired) electrons. The lowest BCUT2D eigenvalue weighted by Crippen LogP contribution is -2.55. The van der Waals surface area contributed by atoms with E-state index < -0.39 is 17.1 Å². The number of nitrogens with one attached hydrogen (secondary N) is 1. The molecule has 2 N–H and O–H groups in total. The number of aliphatic hydroxyl groups is 1. The number of anilines is 1. The molecule has 1 aromatic rings. The van der Waals surface area contributed by atoms with E-state index in [0.717, 1.165) is 26.1 Å². The Labute approximate surface area is 149 Å². The van der Waals surface area contributed by atoms with Gasteiger partial charge in [-0.05, 0) is 40.7 Å². The van der Waals surface area contributed by atoms with Crippen LogP contribution in [0.2, 0.25) is 0 Å². The van der Waals surface area contributed by atoms with Gasteiger partial charge in [-0.2, -0.15) is 0 Å². The number of likely N-dealkylation sites (N-methyl/N-ethyl adjacent to an activating group) is 1. The topological polar surface area (TPSA) is 87.8 Å². The molecule has 1 aromatic heterocycles. The smallest absolute Gasteiger partial charge is 0.246 e. The molecular formula is C18H31N3O4. The Kier molecular flexibility index (Phi) is 5.91. The highest BCUT2D eigenvalue weighted by molar-refractivity contribution is 5.96. The molecule has 1 atom stereocenters. The van der Waals surface area contributed by atoms with Crippen LogP contribution in [-0.4, -0.2) is 59.0 Å². The lowest BCUT2D eigenvalue weighted by Gasteiger charge is -2.41. The van der Waals surface area contributed by atoms with Gasteiger partial charge in [-0.1, -0.05) is 19.0 Å². The molecule has 7 nitrogen and oxygen atoms in total. The van der Waals surface area contributed by atoms with E-state index in [9.17, 15) is 9.90 Å². The number of ether oxygens (including phenoxy) is 1. The summed E-state index contributed by atoms with van der Waals surface area (Å²) in [6, 6.07) is 1.99. The van der Waals surface area contributed by atoms with Crippen LogP contribution in [0.3, 0.4) is 0 Å². The first kappa shape index (κ1) is 19.9. The molecule has 0 unspecified atom stereocenters. The van der Waals surface area contributed by atoms with Crippen molar-refractivity contribution in [3.05, 3.63) is 11.8 Å². The van der Waals surface area contributed by atoms with E-state index in [0.29, 0.717) is 17.6 Å². The van der Waals surface area contributed by atoms with Crippen LogP contribution in [-0.2, 0) is 14.9 Å². The first-order chi connectivity index (χ1) is 11.6. The number of carbonyl (C=O) groups is 1. The largest absolute Gasteiger partial charge is 0.392 e. The highest BCUT2D eigenvalue weighted by Crippen LogP contribution is 2.29. The predicted molar refractivity (Wildman–Crippen MR) is 95.5 cm³/mol. The van der Waals surface area contributed by atoms with Crippen molar-refractivity contribution in [3.8, 4) is 0 Å². The molecule has 2 rings (SSSR count). The summed E-state index contributed by atoms with van der Waals surface area (Å²) in [6.07, 6.45) is 1.25. The van der Waals surface area contributed by atoms with Crippen molar-refractivity contribution in [2.24, 2.45) is 0 Å². The Morgan fingerprint density at radius 1 is 1.36 bits per heavy atom. The van der Waals surface area contributed by atoms with E-state index in [1.807, 2.05) is 34.7 Å². The fourth-order valence-corrected chi connectivity index (χ4v) is 2.81. The van der Waals surface area contributed by atoms with E-state index in [4.69, 9.17) is 9.26 Å². The lowest BCUT2D eigenvalue weighted by atomic mass is 9.84. The maximum absolute atomic E-state index is 12.8. The molecule has 0 aromatic carbocycles. The molecule has 1 saturated heterocycles. The van der Waals surface area contributed by atoms with Crippen LogP contribution < -0.4 is 5.32 Å². The Hall–Kier alpha value is -1.44. The molecule has 0 aliphatic carbocycles.